The van der Waals surface area contributed by atoms with Gasteiger partial charge in [0.05, 0.1) is 0 Å². The molecule has 0 spiro atoms. The normalized spacial score (nSPS) is 12.7. The number of nitrogens with two attached hydrogens (primary N) is 1. The number of rotatable bonds is 14. The molecule has 11 nitrogen and oxygen atoms in total. The Morgan fingerprint density at radius 3 is 2.50 bits per heavy atom. The number of nitrogens with one attached hydrogen (secondary N) is 2. The SMILES string of the molecule is CC(C)(C)SSC[C@H](NC(=O)OCc1ccc(N=[N+]=[N-])cc1)C(=O)NCCCCC(N)C(=O)O. The topological polar surface area (TPSA) is 180 Å². The highest BCUT2D eigenvalue weighted by atomic mass is 33.1. The van der Waals surface area contributed by atoms with E-state index in [9.17, 15) is 14.4 Å². The Balaban J connectivity index is 2.56. The van der Waals surface area contributed by atoms with Gasteiger partial charge in [0, 0.05) is 27.6 Å². The number of carbonyl (C=O) groups is 3. The number of carboxylic acids is 1. The Kier molecular flexibility index (Phi) is 13.3. The van der Waals surface area contributed by atoms with Crippen molar-refractivity contribution in [2.24, 2.45) is 10.8 Å². The standard InChI is InChI=1S/C21H32N6O5S2/c1-21(2,3)34-33-13-17(18(28)24-11-5-4-6-16(22)19(29)30)25-20(31)32-12-14-7-9-15(10-8-14)26-27-23/h7-10,16-17H,4-6,11-13,22H2,1-3H3,(H,24,28)(H,25,31)(H,29,30)/t16?,17-/m0/s1. The molecule has 0 radical (unpaired) electrons. The third-order valence-corrected chi connectivity index (χ3v) is 7.53. The third kappa shape index (κ3) is 13.2. The van der Waals surface area contributed by atoms with Gasteiger partial charge in [-0.2, -0.15) is 0 Å². The fourth-order valence-corrected chi connectivity index (χ4v) is 4.92. The van der Waals surface area contributed by atoms with Crippen molar-refractivity contribution in [3.63, 3.8) is 0 Å². The average molecular weight is 513 g/mol. The van der Waals surface area contributed by atoms with E-state index in [1.54, 1.807) is 35.1 Å². The number of hydrogen-bond acceptors (Lipinski definition) is 8. The molecule has 2 amide bonds. The van der Waals surface area contributed by atoms with Crippen molar-refractivity contribution in [2.45, 2.75) is 63.5 Å². The van der Waals surface area contributed by atoms with Gasteiger partial charge in [-0.25, -0.2) is 4.79 Å². The van der Waals surface area contributed by atoms with E-state index in [1.807, 2.05) is 0 Å². The van der Waals surface area contributed by atoms with Crippen LogP contribution in [0.5, 0.6) is 0 Å². The molecular formula is C21H32N6O5S2. The Labute approximate surface area is 207 Å². The smallest absolute Gasteiger partial charge is 0.408 e. The first kappa shape index (κ1) is 29.4. The van der Waals surface area contributed by atoms with E-state index in [4.69, 9.17) is 21.1 Å². The second-order valence-electron chi connectivity index (χ2n) is 8.34. The minimum absolute atomic E-state index is 0.00949. The van der Waals surface area contributed by atoms with Crippen LogP contribution in [-0.2, 0) is 20.9 Å². The van der Waals surface area contributed by atoms with Crippen LogP contribution in [0.4, 0.5) is 10.5 Å². The number of ether oxygens (including phenoxy) is 1. The number of amides is 2. The van der Waals surface area contributed by atoms with E-state index in [0.717, 1.165) is 0 Å². The van der Waals surface area contributed by atoms with Gasteiger partial charge in [-0.05, 0) is 30.4 Å². The second-order valence-corrected chi connectivity index (χ2v) is 11.5. The molecular weight excluding hydrogens is 480 g/mol. The summed E-state index contributed by atoms with van der Waals surface area (Å²) in [4.78, 5) is 38.4. The lowest BCUT2D eigenvalue weighted by Gasteiger charge is -2.21. The molecule has 0 saturated heterocycles. The van der Waals surface area contributed by atoms with E-state index < -0.39 is 24.1 Å². The van der Waals surface area contributed by atoms with Crippen molar-refractivity contribution >= 4 is 45.2 Å². The highest BCUT2D eigenvalue weighted by molar-refractivity contribution is 8.77. The molecule has 0 aliphatic heterocycles. The predicted molar refractivity (Wildman–Crippen MR) is 135 cm³/mol. The zero-order valence-electron chi connectivity index (χ0n) is 19.5. The molecule has 1 unspecified atom stereocenters. The van der Waals surface area contributed by atoms with Crippen LogP contribution in [0.3, 0.4) is 0 Å². The van der Waals surface area contributed by atoms with E-state index in [-0.39, 0.29) is 17.3 Å². The number of carboxylic acid groups (broad SMARTS) is 1. The van der Waals surface area contributed by atoms with E-state index in [1.165, 1.54) is 10.8 Å². The lowest BCUT2D eigenvalue weighted by atomic mass is 10.1. The minimum Gasteiger partial charge on any atom is -0.480 e. The second kappa shape index (κ2) is 15.3. The molecule has 13 heteroatoms. The summed E-state index contributed by atoms with van der Waals surface area (Å²) in [5.41, 5.74) is 15.1. The number of carbonyl (C=O) groups excluding carboxylic acids is 2. The molecule has 2 atom stereocenters. The number of azide groups is 1. The van der Waals surface area contributed by atoms with E-state index in [0.29, 0.717) is 42.8 Å². The summed E-state index contributed by atoms with van der Waals surface area (Å²) in [6.07, 6.45) is 0.717. The zero-order chi connectivity index (χ0) is 25.6. The summed E-state index contributed by atoms with van der Waals surface area (Å²) in [5, 5.41) is 17.7. The van der Waals surface area contributed by atoms with Gasteiger partial charge in [0.15, 0.2) is 0 Å². The largest absolute Gasteiger partial charge is 0.480 e. The van der Waals surface area contributed by atoms with Crippen LogP contribution in [0.25, 0.3) is 10.4 Å². The van der Waals surface area contributed by atoms with Gasteiger partial charge < -0.3 is 26.2 Å². The van der Waals surface area contributed by atoms with Crippen LogP contribution in [0.15, 0.2) is 29.4 Å². The summed E-state index contributed by atoms with van der Waals surface area (Å²) in [5.74, 6) is -1.06. The van der Waals surface area contributed by atoms with Crippen LogP contribution in [0.1, 0.15) is 45.6 Å². The summed E-state index contributed by atoms with van der Waals surface area (Å²) in [6.45, 7) is 6.49. The van der Waals surface area contributed by atoms with Crippen LogP contribution >= 0.6 is 21.6 Å². The number of alkyl carbamates (subject to hydrolysis) is 1. The highest BCUT2D eigenvalue weighted by Crippen LogP contribution is 2.35. The van der Waals surface area contributed by atoms with Crippen molar-refractivity contribution in [3.8, 4) is 0 Å². The molecule has 34 heavy (non-hydrogen) atoms. The Hall–Kier alpha value is -2.60. The Morgan fingerprint density at radius 2 is 1.91 bits per heavy atom. The van der Waals surface area contributed by atoms with Crippen molar-refractivity contribution in [3.05, 3.63) is 40.3 Å². The van der Waals surface area contributed by atoms with Crippen molar-refractivity contribution in [2.75, 3.05) is 12.3 Å². The lowest BCUT2D eigenvalue weighted by molar-refractivity contribution is -0.138. The van der Waals surface area contributed by atoms with Gasteiger partial charge in [-0.3, -0.25) is 9.59 Å². The summed E-state index contributed by atoms with van der Waals surface area (Å²) in [6, 6.07) is 4.84. The molecule has 1 aromatic carbocycles. The molecule has 1 aromatic rings. The molecule has 1 rings (SSSR count). The number of benzene rings is 1. The molecule has 188 valence electrons. The molecule has 0 fully saturated rings. The first-order valence-corrected chi connectivity index (χ1v) is 13.0. The molecule has 0 heterocycles. The van der Waals surface area contributed by atoms with Gasteiger partial charge in [0.2, 0.25) is 5.91 Å². The minimum atomic E-state index is -1.05. The van der Waals surface area contributed by atoms with Gasteiger partial charge >= 0.3 is 12.1 Å². The van der Waals surface area contributed by atoms with Gasteiger partial charge in [0.1, 0.15) is 18.7 Å². The Morgan fingerprint density at radius 1 is 1.24 bits per heavy atom. The Bertz CT molecular complexity index is 856. The molecule has 0 aliphatic carbocycles. The van der Waals surface area contributed by atoms with Crippen molar-refractivity contribution in [1.29, 1.82) is 0 Å². The van der Waals surface area contributed by atoms with Crippen molar-refractivity contribution in [1.82, 2.24) is 10.6 Å². The third-order valence-electron chi connectivity index (χ3n) is 4.18. The average Bonchev–Trinajstić information content (AvgIpc) is 2.76. The quantitative estimate of drug-likeness (QED) is 0.0945. The molecule has 0 bridgehead atoms. The maximum absolute atomic E-state index is 12.7. The number of aliphatic carboxylic acids is 1. The van der Waals surface area contributed by atoms with Crippen LogP contribution in [0, 0.1) is 0 Å². The maximum atomic E-state index is 12.7. The fraction of sp³-hybridized carbons (Fsp3) is 0.571. The monoisotopic (exact) mass is 512 g/mol. The van der Waals surface area contributed by atoms with Gasteiger partial charge in [-0.1, -0.05) is 71.7 Å². The number of unbranched alkanes of at least 4 members (excludes halogenated alkanes) is 1. The first-order valence-electron chi connectivity index (χ1n) is 10.7. The summed E-state index contributed by atoms with van der Waals surface area (Å²) in [7, 11) is 3.07. The summed E-state index contributed by atoms with van der Waals surface area (Å²) < 4.78 is 5.21. The number of nitrogens with zero attached hydrogens (tertiary/aromatic N) is 3. The first-order chi connectivity index (χ1) is 16.0. The van der Waals surface area contributed by atoms with Crippen LogP contribution in [-0.4, -0.2) is 52.2 Å². The van der Waals surface area contributed by atoms with Crippen molar-refractivity contribution < 1.29 is 24.2 Å². The van der Waals surface area contributed by atoms with Gasteiger partial charge in [-0.15, -0.1) is 0 Å². The van der Waals surface area contributed by atoms with E-state index in [2.05, 4.69) is 41.4 Å². The molecule has 0 saturated carbocycles. The zero-order valence-corrected chi connectivity index (χ0v) is 21.2. The fourth-order valence-electron chi connectivity index (χ4n) is 2.45. The van der Waals surface area contributed by atoms with Crippen LogP contribution < -0.4 is 16.4 Å². The highest BCUT2D eigenvalue weighted by Gasteiger charge is 2.23. The van der Waals surface area contributed by atoms with E-state index >= 15 is 0 Å². The lowest BCUT2D eigenvalue weighted by Crippen LogP contribution is -2.48. The maximum Gasteiger partial charge on any atom is 0.408 e. The summed E-state index contributed by atoms with van der Waals surface area (Å²) >= 11 is 0. The van der Waals surface area contributed by atoms with Crippen LogP contribution in [0.2, 0.25) is 0 Å². The van der Waals surface area contributed by atoms with Gasteiger partial charge in [0.25, 0.3) is 0 Å². The number of hydrogen-bond donors (Lipinski definition) is 4. The molecule has 0 aromatic heterocycles. The molecule has 0 aliphatic rings. The predicted octanol–water partition coefficient (Wildman–Crippen LogP) is 4.10. The molecule has 5 N–H and O–H groups in total.